The van der Waals surface area contributed by atoms with Gasteiger partial charge in [-0.2, -0.15) is 0 Å². The van der Waals surface area contributed by atoms with Crippen molar-refractivity contribution in [3.8, 4) is 0 Å². The Morgan fingerprint density at radius 2 is 1.59 bits per heavy atom. The molecule has 1 aliphatic heterocycles. The molecule has 1 atom stereocenters. The van der Waals surface area contributed by atoms with Crippen molar-refractivity contribution in [2.75, 3.05) is 5.32 Å². The van der Waals surface area contributed by atoms with Crippen LogP contribution in [0.1, 0.15) is 66.2 Å². The molecule has 0 amide bonds. The molecule has 2 heterocycles. The molecule has 3 aromatic rings. The lowest BCUT2D eigenvalue weighted by Gasteiger charge is -2.30. The van der Waals surface area contributed by atoms with Crippen molar-refractivity contribution in [3.05, 3.63) is 103 Å². The van der Waals surface area contributed by atoms with E-state index in [0.29, 0.717) is 34.8 Å². The quantitative estimate of drug-likeness (QED) is 0.647. The van der Waals surface area contributed by atoms with E-state index < -0.39 is 17.2 Å². The van der Waals surface area contributed by atoms with Crippen molar-refractivity contribution >= 4 is 17.3 Å². The van der Waals surface area contributed by atoms with E-state index in [0.717, 1.165) is 16.7 Å². The van der Waals surface area contributed by atoms with Crippen molar-refractivity contribution < 1.29 is 4.79 Å². The second kappa shape index (κ2) is 6.92. The van der Waals surface area contributed by atoms with Gasteiger partial charge in [0.2, 0.25) is 0 Å². The molecule has 1 unspecified atom stereocenters. The highest BCUT2D eigenvalue weighted by Crippen LogP contribution is 2.47. The number of aromatic amines is 1. The van der Waals surface area contributed by atoms with E-state index in [1.165, 1.54) is 4.57 Å². The second-order valence-corrected chi connectivity index (χ2v) is 9.36. The van der Waals surface area contributed by atoms with Crippen LogP contribution in [0.2, 0.25) is 0 Å². The van der Waals surface area contributed by atoms with Crippen LogP contribution in [-0.2, 0) is 12.0 Å². The third-order valence-corrected chi connectivity index (χ3v) is 6.44. The topological polar surface area (TPSA) is 84.0 Å². The molecular formula is C26H25N3O3. The van der Waals surface area contributed by atoms with Gasteiger partial charge in [-0.25, -0.2) is 4.79 Å². The Balaban J connectivity index is 1.81. The first kappa shape index (κ1) is 20.2. The van der Waals surface area contributed by atoms with Gasteiger partial charge in [-0.15, -0.1) is 0 Å². The Morgan fingerprint density at radius 1 is 0.938 bits per heavy atom. The normalized spacial score (nSPS) is 17.0. The Hall–Kier alpha value is -3.67. The fraction of sp³-hybridized carbons (Fsp3) is 0.269. The van der Waals surface area contributed by atoms with Crippen LogP contribution in [0.4, 0.5) is 5.82 Å². The molecule has 5 rings (SSSR count). The number of hydrogen-bond donors (Lipinski definition) is 2. The van der Waals surface area contributed by atoms with Crippen LogP contribution in [0.5, 0.6) is 0 Å². The van der Waals surface area contributed by atoms with Crippen LogP contribution in [0.15, 0.2) is 63.7 Å². The first-order valence-corrected chi connectivity index (χ1v) is 10.8. The zero-order valence-electron chi connectivity index (χ0n) is 18.6. The van der Waals surface area contributed by atoms with Crippen molar-refractivity contribution in [2.24, 2.45) is 0 Å². The molecule has 2 N–H and O–H groups in total. The first-order valence-electron chi connectivity index (χ1n) is 10.8. The lowest BCUT2D eigenvalue weighted by atomic mass is 9.79. The number of ketones is 1. The average molecular weight is 428 g/mol. The first-order chi connectivity index (χ1) is 15.2. The highest BCUT2D eigenvalue weighted by molar-refractivity contribution is 6.23. The van der Waals surface area contributed by atoms with Gasteiger partial charge in [0.05, 0.1) is 11.3 Å². The number of fused-ring (bicyclic) bond motifs is 3. The van der Waals surface area contributed by atoms with Crippen LogP contribution < -0.4 is 16.6 Å². The number of Topliss-reactive ketones (excluding diaryl/α,β-unsaturated/α-hetero) is 1. The molecule has 6 heteroatoms. The van der Waals surface area contributed by atoms with Gasteiger partial charge >= 0.3 is 5.69 Å². The summed E-state index contributed by atoms with van der Waals surface area (Å²) in [4.78, 5) is 41.6. The second-order valence-electron chi connectivity index (χ2n) is 9.36. The van der Waals surface area contributed by atoms with Crippen molar-refractivity contribution in [3.63, 3.8) is 0 Å². The Bertz CT molecular complexity index is 1420. The smallest absolute Gasteiger partial charge is 0.329 e. The molecule has 1 aliphatic carbocycles. The van der Waals surface area contributed by atoms with Crippen LogP contribution in [-0.4, -0.2) is 15.3 Å². The maximum absolute atomic E-state index is 13.5. The summed E-state index contributed by atoms with van der Waals surface area (Å²) < 4.78 is 1.52. The summed E-state index contributed by atoms with van der Waals surface area (Å²) in [6.45, 7) is 8.67. The number of nitrogens with one attached hydrogen (secondary N) is 2. The molecule has 0 saturated heterocycles. The molecule has 2 aliphatic rings. The molecule has 6 nitrogen and oxygen atoms in total. The Morgan fingerprint density at radius 3 is 2.22 bits per heavy atom. The van der Waals surface area contributed by atoms with Gasteiger partial charge in [-0.3, -0.25) is 19.1 Å². The van der Waals surface area contributed by atoms with Gasteiger partial charge in [-0.05, 0) is 23.5 Å². The predicted molar refractivity (Wildman–Crippen MR) is 125 cm³/mol. The maximum Gasteiger partial charge on any atom is 0.329 e. The van der Waals surface area contributed by atoms with E-state index in [-0.39, 0.29) is 11.2 Å². The van der Waals surface area contributed by atoms with E-state index >= 15 is 0 Å². The molecule has 0 radical (unpaired) electrons. The van der Waals surface area contributed by atoms with Crippen LogP contribution in [0.25, 0.3) is 5.70 Å². The highest BCUT2D eigenvalue weighted by Gasteiger charge is 2.42. The average Bonchev–Trinajstić information content (AvgIpc) is 3.04. The lowest BCUT2D eigenvalue weighted by molar-refractivity contribution is 0.103. The van der Waals surface area contributed by atoms with Crippen LogP contribution in [0.3, 0.4) is 0 Å². The fourth-order valence-electron chi connectivity index (χ4n) is 4.78. The molecule has 1 aromatic heterocycles. The third kappa shape index (κ3) is 2.83. The summed E-state index contributed by atoms with van der Waals surface area (Å²) in [7, 11) is 0. The third-order valence-electron chi connectivity index (χ3n) is 6.44. The zero-order chi connectivity index (χ0) is 22.8. The highest BCUT2D eigenvalue weighted by atomic mass is 16.2. The summed E-state index contributed by atoms with van der Waals surface area (Å²) in [6.07, 6.45) is 0. The number of H-pyrrole nitrogens is 1. The number of carbonyl (C=O) groups is 1. The summed E-state index contributed by atoms with van der Waals surface area (Å²) in [5, 5.41) is 3.28. The number of aromatic nitrogens is 2. The summed E-state index contributed by atoms with van der Waals surface area (Å²) in [6, 6.07) is 15.5. The van der Waals surface area contributed by atoms with Crippen molar-refractivity contribution in [2.45, 2.75) is 45.6 Å². The van der Waals surface area contributed by atoms with Gasteiger partial charge in [0, 0.05) is 29.2 Å². The lowest BCUT2D eigenvalue weighted by Crippen LogP contribution is -2.38. The van der Waals surface area contributed by atoms with Gasteiger partial charge in [0.25, 0.3) is 5.56 Å². The maximum atomic E-state index is 13.5. The summed E-state index contributed by atoms with van der Waals surface area (Å²) >= 11 is 0. The Kier molecular flexibility index (Phi) is 4.38. The summed E-state index contributed by atoms with van der Waals surface area (Å²) in [5.41, 5.74) is 4.09. The number of carbonyl (C=O) groups excluding carboxylic acids is 1. The van der Waals surface area contributed by atoms with Gasteiger partial charge in [0.15, 0.2) is 5.78 Å². The number of allylic oxidation sites excluding steroid dienone is 1. The predicted octanol–water partition coefficient (Wildman–Crippen LogP) is 4.02. The van der Waals surface area contributed by atoms with Crippen LogP contribution >= 0.6 is 0 Å². The number of anilines is 1. The van der Waals surface area contributed by atoms with E-state index in [4.69, 9.17) is 0 Å². The number of hydrogen-bond acceptors (Lipinski definition) is 4. The molecular weight excluding hydrogens is 402 g/mol. The van der Waals surface area contributed by atoms with E-state index in [2.05, 4.69) is 31.1 Å². The van der Waals surface area contributed by atoms with Gasteiger partial charge < -0.3 is 5.32 Å². The largest absolute Gasteiger partial charge is 0.340 e. The van der Waals surface area contributed by atoms with Crippen LogP contribution in [0, 0.1) is 0 Å². The molecule has 32 heavy (non-hydrogen) atoms. The van der Waals surface area contributed by atoms with E-state index in [1.807, 2.05) is 49.4 Å². The zero-order valence-corrected chi connectivity index (χ0v) is 18.6. The SMILES string of the molecule is CCn1c2c(c(=O)[nH]c1=O)C(c1ccc(C(C)(C)C)cc1)C1=C(N2)c2ccccc2C1=O. The number of nitrogens with zero attached hydrogens (tertiary/aromatic N) is 1. The minimum Gasteiger partial charge on any atom is -0.340 e. The Labute approximate surface area is 185 Å². The fourth-order valence-corrected chi connectivity index (χ4v) is 4.78. The van der Waals surface area contributed by atoms with Gasteiger partial charge in [0.1, 0.15) is 5.82 Å². The number of rotatable bonds is 2. The molecule has 0 bridgehead atoms. The minimum absolute atomic E-state index is 0.0193. The molecule has 162 valence electrons. The molecule has 2 aromatic carbocycles. The van der Waals surface area contributed by atoms with Crippen molar-refractivity contribution in [1.29, 1.82) is 0 Å². The van der Waals surface area contributed by atoms with E-state index in [9.17, 15) is 14.4 Å². The van der Waals surface area contributed by atoms with Crippen molar-refractivity contribution in [1.82, 2.24) is 9.55 Å². The minimum atomic E-state index is -0.572. The monoisotopic (exact) mass is 427 g/mol. The molecule has 0 saturated carbocycles. The molecule has 0 spiro atoms. The van der Waals surface area contributed by atoms with Gasteiger partial charge in [-0.1, -0.05) is 69.3 Å². The standard InChI is InChI=1S/C26H25N3O3/c1-5-29-23-20(24(31)28-25(29)32)18(14-10-12-15(13-11-14)26(2,3)4)19-21(27-23)16-8-6-7-9-17(16)22(19)30/h6-13,18,27H,5H2,1-4H3,(H,28,31,32). The summed E-state index contributed by atoms with van der Waals surface area (Å²) in [5.74, 6) is -0.209. The van der Waals surface area contributed by atoms with E-state index in [1.54, 1.807) is 6.07 Å². The molecule has 0 fully saturated rings. The number of benzene rings is 2.